The largest absolute Gasteiger partial charge is 0.493 e. The lowest BCUT2D eigenvalue weighted by Gasteiger charge is -2.30. The average molecular weight is 464 g/mol. The van der Waals surface area contributed by atoms with Crippen LogP contribution in [0.5, 0.6) is 11.5 Å². The number of nitrogens with one attached hydrogen (secondary N) is 1. The number of fused-ring (bicyclic) bond motifs is 1. The highest BCUT2D eigenvalue weighted by atomic mass is 32.1. The van der Waals surface area contributed by atoms with E-state index in [9.17, 15) is 9.59 Å². The van der Waals surface area contributed by atoms with Gasteiger partial charge in [-0.1, -0.05) is 18.2 Å². The zero-order valence-electron chi connectivity index (χ0n) is 18.2. The first kappa shape index (κ1) is 22.4. The van der Waals surface area contributed by atoms with E-state index in [2.05, 4.69) is 21.7 Å². The highest BCUT2D eigenvalue weighted by Gasteiger charge is 2.19. The molecule has 0 fully saturated rings. The van der Waals surface area contributed by atoms with Crippen molar-refractivity contribution in [2.45, 2.75) is 13.0 Å². The summed E-state index contributed by atoms with van der Waals surface area (Å²) in [4.78, 5) is 27.3. The topological polar surface area (TPSA) is 93.9 Å². The molecule has 0 saturated heterocycles. The Kier molecular flexibility index (Phi) is 6.95. The zero-order chi connectivity index (χ0) is 23.2. The molecular weight excluding hydrogens is 438 g/mol. The molecule has 3 N–H and O–H groups in total. The van der Waals surface area contributed by atoms with Crippen molar-refractivity contribution in [3.8, 4) is 11.5 Å². The van der Waals surface area contributed by atoms with Crippen LogP contribution in [0, 0.1) is 0 Å². The fourth-order valence-electron chi connectivity index (χ4n) is 3.71. The van der Waals surface area contributed by atoms with Gasteiger partial charge in [-0.2, -0.15) is 0 Å². The summed E-state index contributed by atoms with van der Waals surface area (Å²) < 4.78 is 10.6. The van der Waals surface area contributed by atoms with Gasteiger partial charge in [-0.25, -0.2) is 0 Å². The smallest absolute Gasteiger partial charge is 0.255 e. The van der Waals surface area contributed by atoms with Gasteiger partial charge in [0.25, 0.3) is 5.91 Å². The standard InChI is InChI=1S/C25H25N3O4S/c1-31-22-14-17(6-8-21(22)32-16-24(26)29)7-9-25(30)27-19-4-2-3-5-20(19)28-12-10-23-18(15-28)11-13-33-23/h2-9,11,13-14H,10,12,15-16H2,1H3,(H2,26,29)(H,27,30)/b9-7+. The van der Waals surface area contributed by atoms with Crippen LogP contribution in [0.1, 0.15) is 16.0 Å². The third-order valence-corrected chi connectivity index (χ3v) is 6.32. The van der Waals surface area contributed by atoms with Gasteiger partial charge in [-0.05, 0) is 59.3 Å². The lowest BCUT2D eigenvalue weighted by molar-refractivity contribution is -0.120. The number of primary amides is 1. The fraction of sp³-hybridized carbons (Fsp3) is 0.200. The molecule has 0 unspecified atom stereocenters. The second kappa shape index (κ2) is 10.2. The van der Waals surface area contributed by atoms with E-state index in [1.807, 2.05) is 24.3 Å². The van der Waals surface area contributed by atoms with E-state index in [1.54, 1.807) is 35.6 Å². The van der Waals surface area contributed by atoms with Crippen molar-refractivity contribution in [3.63, 3.8) is 0 Å². The van der Waals surface area contributed by atoms with Crippen LogP contribution in [0.3, 0.4) is 0 Å². The quantitative estimate of drug-likeness (QED) is 0.495. The molecular formula is C25H25N3O4S. The maximum Gasteiger partial charge on any atom is 0.255 e. The van der Waals surface area contributed by atoms with E-state index >= 15 is 0 Å². The highest BCUT2D eigenvalue weighted by molar-refractivity contribution is 7.10. The van der Waals surface area contributed by atoms with Crippen LogP contribution >= 0.6 is 11.3 Å². The molecule has 33 heavy (non-hydrogen) atoms. The molecule has 4 rings (SSSR count). The van der Waals surface area contributed by atoms with Gasteiger partial charge < -0.3 is 25.4 Å². The SMILES string of the molecule is COc1cc(/C=C/C(=O)Nc2ccccc2N2CCc3sccc3C2)ccc1OCC(N)=O. The van der Waals surface area contributed by atoms with Gasteiger partial charge in [-0.3, -0.25) is 9.59 Å². The molecule has 0 bridgehead atoms. The number of hydrogen-bond acceptors (Lipinski definition) is 6. The van der Waals surface area contributed by atoms with Crippen LogP contribution in [0.2, 0.25) is 0 Å². The molecule has 0 radical (unpaired) electrons. The second-order valence-electron chi connectivity index (χ2n) is 7.55. The predicted molar refractivity (Wildman–Crippen MR) is 131 cm³/mol. The Morgan fingerprint density at radius 2 is 2.03 bits per heavy atom. The Hall–Kier alpha value is -3.78. The number of ether oxygens (including phenoxy) is 2. The Labute approximate surface area is 196 Å². The maximum absolute atomic E-state index is 12.7. The Morgan fingerprint density at radius 1 is 1.18 bits per heavy atom. The molecule has 3 aromatic rings. The molecule has 2 heterocycles. The summed E-state index contributed by atoms with van der Waals surface area (Å²) in [5.41, 5.74) is 9.01. The van der Waals surface area contributed by atoms with Gasteiger partial charge >= 0.3 is 0 Å². The number of carbonyl (C=O) groups excluding carboxylic acids is 2. The van der Waals surface area contributed by atoms with E-state index in [4.69, 9.17) is 15.2 Å². The normalized spacial score (nSPS) is 12.9. The van der Waals surface area contributed by atoms with E-state index in [0.29, 0.717) is 11.5 Å². The van der Waals surface area contributed by atoms with Gasteiger partial charge in [0.2, 0.25) is 5.91 Å². The fourth-order valence-corrected chi connectivity index (χ4v) is 4.60. The first-order chi connectivity index (χ1) is 16.0. The number of nitrogens with zero attached hydrogens (tertiary/aromatic N) is 1. The summed E-state index contributed by atoms with van der Waals surface area (Å²) in [6, 6.07) is 15.2. The summed E-state index contributed by atoms with van der Waals surface area (Å²) in [6.07, 6.45) is 4.18. The maximum atomic E-state index is 12.7. The summed E-state index contributed by atoms with van der Waals surface area (Å²) in [7, 11) is 1.50. The van der Waals surface area contributed by atoms with Crippen LogP contribution in [0.15, 0.2) is 60.0 Å². The number of hydrogen-bond donors (Lipinski definition) is 2. The molecule has 8 heteroatoms. The lowest BCUT2D eigenvalue weighted by Crippen LogP contribution is -2.30. The Balaban J connectivity index is 1.44. The summed E-state index contributed by atoms with van der Waals surface area (Å²) in [5, 5.41) is 5.13. The highest BCUT2D eigenvalue weighted by Crippen LogP contribution is 2.32. The monoisotopic (exact) mass is 463 g/mol. The molecule has 0 atom stereocenters. The number of carbonyl (C=O) groups is 2. The number of benzene rings is 2. The molecule has 0 saturated carbocycles. The van der Waals surface area contributed by atoms with Gasteiger partial charge in [0.1, 0.15) is 0 Å². The van der Waals surface area contributed by atoms with E-state index in [0.717, 1.165) is 36.4 Å². The minimum atomic E-state index is -0.571. The van der Waals surface area contributed by atoms with Crippen LogP contribution in [-0.4, -0.2) is 32.1 Å². The molecule has 1 aliphatic rings. The molecule has 2 amide bonds. The van der Waals surface area contributed by atoms with Gasteiger partial charge in [0.15, 0.2) is 18.1 Å². The van der Waals surface area contributed by atoms with Gasteiger partial charge in [0, 0.05) is 24.0 Å². The van der Waals surface area contributed by atoms with Crippen LogP contribution in [-0.2, 0) is 22.6 Å². The minimum absolute atomic E-state index is 0.233. The third kappa shape index (κ3) is 5.53. The molecule has 1 aliphatic heterocycles. The lowest BCUT2D eigenvalue weighted by atomic mass is 10.1. The van der Waals surface area contributed by atoms with Crippen molar-refractivity contribution in [2.75, 3.05) is 30.5 Å². The summed E-state index contributed by atoms with van der Waals surface area (Å²) in [6.45, 7) is 1.52. The van der Waals surface area contributed by atoms with Crippen molar-refractivity contribution in [3.05, 3.63) is 76.0 Å². The molecule has 0 spiro atoms. The van der Waals surface area contributed by atoms with Gasteiger partial charge in [-0.15, -0.1) is 11.3 Å². The molecule has 170 valence electrons. The Morgan fingerprint density at radius 3 is 2.85 bits per heavy atom. The summed E-state index contributed by atoms with van der Waals surface area (Å²) >= 11 is 1.81. The first-order valence-corrected chi connectivity index (χ1v) is 11.4. The van der Waals surface area contributed by atoms with Crippen LogP contribution < -0.4 is 25.4 Å². The number of rotatable bonds is 8. The molecule has 7 nitrogen and oxygen atoms in total. The third-order valence-electron chi connectivity index (χ3n) is 5.30. The Bertz CT molecular complexity index is 1190. The van der Waals surface area contributed by atoms with Crippen molar-refractivity contribution >= 4 is 40.6 Å². The number of nitrogens with two attached hydrogens (primary N) is 1. The number of anilines is 2. The number of methoxy groups -OCH3 is 1. The first-order valence-electron chi connectivity index (χ1n) is 10.5. The van der Waals surface area contributed by atoms with Crippen LogP contribution in [0.4, 0.5) is 11.4 Å². The van der Waals surface area contributed by atoms with Crippen molar-refractivity contribution in [2.24, 2.45) is 5.73 Å². The van der Waals surface area contributed by atoms with E-state index in [1.165, 1.54) is 23.6 Å². The molecule has 1 aromatic heterocycles. The van der Waals surface area contributed by atoms with Crippen molar-refractivity contribution in [1.82, 2.24) is 0 Å². The molecule has 0 aliphatic carbocycles. The molecule has 2 aromatic carbocycles. The second-order valence-corrected chi connectivity index (χ2v) is 8.55. The minimum Gasteiger partial charge on any atom is -0.493 e. The van der Waals surface area contributed by atoms with E-state index in [-0.39, 0.29) is 12.5 Å². The zero-order valence-corrected chi connectivity index (χ0v) is 19.1. The van der Waals surface area contributed by atoms with Crippen molar-refractivity contribution < 1.29 is 19.1 Å². The summed E-state index contributed by atoms with van der Waals surface area (Å²) in [5.74, 6) is 0.0474. The predicted octanol–water partition coefficient (Wildman–Crippen LogP) is 3.84. The average Bonchev–Trinajstić information content (AvgIpc) is 3.30. The van der Waals surface area contributed by atoms with Gasteiger partial charge in [0.05, 0.1) is 18.5 Å². The number of amides is 2. The number of para-hydroxylation sites is 2. The van der Waals surface area contributed by atoms with Crippen LogP contribution in [0.25, 0.3) is 6.08 Å². The van der Waals surface area contributed by atoms with E-state index < -0.39 is 5.91 Å². The number of thiophene rings is 1. The van der Waals surface area contributed by atoms with Crippen molar-refractivity contribution in [1.29, 1.82) is 0 Å².